The van der Waals surface area contributed by atoms with Gasteiger partial charge in [0.2, 0.25) is 0 Å². The van der Waals surface area contributed by atoms with Gasteiger partial charge in [0.25, 0.3) is 11.5 Å². The van der Waals surface area contributed by atoms with Crippen molar-refractivity contribution in [3.63, 3.8) is 0 Å². The van der Waals surface area contributed by atoms with E-state index in [1.165, 1.54) is 12.8 Å². The van der Waals surface area contributed by atoms with Crippen LogP contribution in [0.4, 0.5) is 0 Å². The molecule has 0 saturated heterocycles. The van der Waals surface area contributed by atoms with Gasteiger partial charge in [-0.15, -0.1) is 0 Å². The number of pyridine rings is 1. The quantitative estimate of drug-likeness (QED) is 0.543. The zero-order valence-corrected chi connectivity index (χ0v) is 18.4. The first-order valence-corrected chi connectivity index (χ1v) is 11.1. The van der Waals surface area contributed by atoms with Crippen LogP contribution in [0.1, 0.15) is 59.4 Å². The molecule has 0 aliphatic heterocycles. The summed E-state index contributed by atoms with van der Waals surface area (Å²) in [4.78, 5) is 28.2. The number of carbonyl (C=O) groups excluding carboxylic acids is 1. The Bertz CT molecular complexity index is 1130. The molecule has 2 heterocycles. The standard InChI is InChI=1S/C23H26BrN3O2/c1-3-4-15-11-14(2)26-23(29)18(15)7-9-25-22(28)20-12-16(24)13-21-19(20)8-10-27(21)17-5-6-17/h8,10-13,17H,3-7,9H2,1-2H3,(H,25,28)(H,26,29). The summed E-state index contributed by atoms with van der Waals surface area (Å²) in [7, 11) is 0. The molecule has 0 bridgehead atoms. The molecule has 1 amide bonds. The van der Waals surface area contributed by atoms with Gasteiger partial charge in [-0.2, -0.15) is 0 Å². The number of aryl methyl sites for hydroxylation is 2. The monoisotopic (exact) mass is 455 g/mol. The fraction of sp³-hybridized carbons (Fsp3) is 0.391. The lowest BCUT2D eigenvalue weighted by Crippen LogP contribution is -2.28. The molecule has 0 unspecified atom stereocenters. The van der Waals surface area contributed by atoms with E-state index in [1.54, 1.807) is 0 Å². The summed E-state index contributed by atoms with van der Waals surface area (Å²) >= 11 is 3.55. The number of carbonyl (C=O) groups is 1. The summed E-state index contributed by atoms with van der Waals surface area (Å²) in [6.07, 6.45) is 6.85. The van der Waals surface area contributed by atoms with Crippen LogP contribution in [-0.2, 0) is 12.8 Å². The number of aromatic nitrogens is 2. The number of halogens is 1. The van der Waals surface area contributed by atoms with Gasteiger partial charge in [-0.05, 0) is 62.4 Å². The van der Waals surface area contributed by atoms with Crippen molar-refractivity contribution in [2.75, 3.05) is 6.54 Å². The minimum atomic E-state index is -0.106. The Morgan fingerprint density at radius 3 is 2.79 bits per heavy atom. The van der Waals surface area contributed by atoms with Crippen molar-refractivity contribution >= 4 is 32.7 Å². The molecular formula is C23H26BrN3O2. The number of amides is 1. The Morgan fingerprint density at radius 2 is 2.07 bits per heavy atom. The fourth-order valence-corrected chi connectivity index (χ4v) is 4.48. The second kappa shape index (κ2) is 8.19. The second-order valence-corrected chi connectivity index (χ2v) is 8.80. The molecule has 5 nitrogen and oxygen atoms in total. The van der Waals surface area contributed by atoms with Crippen LogP contribution in [0.15, 0.2) is 39.7 Å². The molecule has 2 aromatic heterocycles. The van der Waals surface area contributed by atoms with Gasteiger partial charge < -0.3 is 14.9 Å². The normalized spacial score (nSPS) is 13.8. The van der Waals surface area contributed by atoms with E-state index in [4.69, 9.17) is 0 Å². The van der Waals surface area contributed by atoms with Crippen molar-refractivity contribution in [1.29, 1.82) is 0 Å². The molecule has 4 rings (SSSR count). The fourth-order valence-electron chi connectivity index (χ4n) is 4.03. The number of nitrogens with zero attached hydrogens (tertiary/aromatic N) is 1. The third-order valence-corrected chi connectivity index (χ3v) is 5.99. The highest BCUT2D eigenvalue weighted by molar-refractivity contribution is 9.10. The summed E-state index contributed by atoms with van der Waals surface area (Å²) in [5, 5.41) is 3.98. The number of hydrogen-bond donors (Lipinski definition) is 2. The van der Waals surface area contributed by atoms with Crippen molar-refractivity contribution in [1.82, 2.24) is 14.9 Å². The van der Waals surface area contributed by atoms with E-state index >= 15 is 0 Å². The minimum absolute atomic E-state index is 0.0472. The predicted octanol–water partition coefficient (Wildman–Crippen LogP) is 4.66. The third kappa shape index (κ3) is 4.17. The number of benzene rings is 1. The Kier molecular flexibility index (Phi) is 5.63. The first kappa shape index (κ1) is 20.0. The molecule has 0 radical (unpaired) electrons. The van der Waals surface area contributed by atoms with Gasteiger partial charge in [0.1, 0.15) is 0 Å². The van der Waals surface area contributed by atoms with Crippen molar-refractivity contribution in [3.8, 4) is 0 Å². The van der Waals surface area contributed by atoms with Gasteiger partial charge in [0.05, 0.1) is 5.52 Å². The van der Waals surface area contributed by atoms with Gasteiger partial charge in [-0.25, -0.2) is 0 Å². The molecule has 2 N–H and O–H groups in total. The predicted molar refractivity (Wildman–Crippen MR) is 120 cm³/mol. The van der Waals surface area contributed by atoms with Crippen LogP contribution in [0.5, 0.6) is 0 Å². The number of rotatable bonds is 7. The topological polar surface area (TPSA) is 66.9 Å². The van der Waals surface area contributed by atoms with Crippen molar-refractivity contribution in [3.05, 3.63) is 67.7 Å². The average molecular weight is 456 g/mol. The second-order valence-electron chi connectivity index (χ2n) is 7.88. The van der Waals surface area contributed by atoms with Gasteiger partial charge in [0.15, 0.2) is 0 Å². The first-order valence-electron chi connectivity index (χ1n) is 10.3. The molecule has 29 heavy (non-hydrogen) atoms. The number of hydrogen-bond acceptors (Lipinski definition) is 2. The summed E-state index contributed by atoms with van der Waals surface area (Å²) in [6.45, 7) is 4.44. The highest BCUT2D eigenvalue weighted by Gasteiger charge is 2.25. The number of H-pyrrole nitrogens is 1. The van der Waals surface area contributed by atoms with Crippen LogP contribution in [0.25, 0.3) is 10.9 Å². The van der Waals surface area contributed by atoms with E-state index in [2.05, 4.69) is 50.0 Å². The molecular weight excluding hydrogens is 430 g/mol. The molecule has 1 aliphatic carbocycles. The van der Waals surface area contributed by atoms with Crippen LogP contribution < -0.4 is 10.9 Å². The summed E-state index contributed by atoms with van der Waals surface area (Å²) < 4.78 is 3.16. The maximum Gasteiger partial charge on any atom is 0.252 e. The number of fused-ring (bicyclic) bond motifs is 1. The number of aromatic amines is 1. The maximum absolute atomic E-state index is 12.9. The van der Waals surface area contributed by atoms with E-state index in [0.29, 0.717) is 24.6 Å². The van der Waals surface area contributed by atoms with E-state index < -0.39 is 0 Å². The maximum atomic E-state index is 12.9. The molecule has 1 aliphatic rings. The lowest BCUT2D eigenvalue weighted by molar-refractivity contribution is 0.0955. The van der Waals surface area contributed by atoms with Gasteiger partial charge in [-0.3, -0.25) is 9.59 Å². The third-order valence-electron chi connectivity index (χ3n) is 5.53. The molecule has 152 valence electrons. The van der Waals surface area contributed by atoms with Crippen LogP contribution in [0.2, 0.25) is 0 Å². The highest BCUT2D eigenvalue weighted by Crippen LogP contribution is 2.39. The minimum Gasteiger partial charge on any atom is -0.352 e. The van der Waals surface area contributed by atoms with E-state index in [9.17, 15) is 9.59 Å². The average Bonchev–Trinajstić information content (AvgIpc) is 3.43. The first-order chi connectivity index (χ1) is 14.0. The largest absolute Gasteiger partial charge is 0.352 e. The smallest absolute Gasteiger partial charge is 0.252 e. The number of nitrogens with one attached hydrogen (secondary N) is 2. The summed E-state index contributed by atoms with van der Waals surface area (Å²) in [6, 6.07) is 8.58. The zero-order valence-electron chi connectivity index (χ0n) is 16.8. The highest BCUT2D eigenvalue weighted by atomic mass is 79.9. The van der Waals surface area contributed by atoms with Crippen molar-refractivity contribution < 1.29 is 4.79 Å². The van der Waals surface area contributed by atoms with Crippen molar-refractivity contribution in [2.24, 2.45) is 0 Å². The van der Waals surface area contributed by atoms with Crippen LogP contribution in [0, 0.1) is 6.92 Å². The van der Waals surface area contributed by atoms with Crippen LogP contribution >= 0.6 is 15.9 Å². The molecule has 0 spiro atoms. The van der Waals surface area contributed by atoms with E-state index in [-0.39, 0.29) is 11.5 Å². The molecule has 1 fully saturated rings. The SMILES string of the molecule is CCCc1cc(C)[nH]c(=O)c1CCNC(=O)c1cc(Br)cc2c1ccn2C1CC1. The van der Waals surface area contributed by atoms with Gasteiger partial charge in [0, 0.05) is 45.5 Å². The Labute approximate surface area is 178 Å². The van der Waals surface area contributed by atoms with Gasteiger partial charge in [-0.1, -0.05) is 29.3 Å². The van der Waals surface area contributed by atoms with E-state index in [1.807, 2.05) is 25.1 Å². The van der Waals surface area contributed by atoms with Gasteiger partial charge >= 0.3 is 0 Å². The molecule has 1 saturated carbocycles. The van der Waals surface area contributed by atoms with Crippen molar-refractivity contribution in [2.45, 2.75) is 52.0 Å². The lowest BCUT2D eigenvalue weighted by Gasteiger charge is -2.11. The lowest BCUT2D eigenvalue weighted by atomic mass is 10.0. The Hall–Kier alpha value is -2.34. The Morgan fingerprint density at radius 1 is 1.28 bits per heavy atom. The van der Waals surface area contributed by atoms with E-state index in [0.717, 1.165) is 45.0 Å². The summed E-state index contributed by atoms with van der Waals surface area (Å²) in [5.74, 6) is -0.106. The zero-order chi connectivity index (χ0) is 20.5. The Balaban J connectivity index is 1.52. The van der Waals surface area contributed by atoms with Crippen LogP contribution in [0.3, 0.4) is 0 Å². The summed E-state index contributed by atoms with van der Waals surface area (Å²) in [5.41, 5.74) is 4.44. The molecule has 1 aromatic carbocycles. The molecule has 0 atom stereocenters. The molecule has 6 heteroatoms. The molecule has 3 aromatic rings. The van der Waals surface area contributed by atoms with Crippen LogP contribution in [-0.4, -0.2) is 22.0 Å².